The number of rotatable bonds is 6. The summed E-state index contributed by atoms with van der Waals surface area (Å²) in [5, 5.41) is 15.6. The second-order valence-corrected chi connectivity index (χ2v) is 5.97. The van der Waals surface area contributed by atoms with Crippen molar-refractivity contribution in [3.8, 4) is 0 Å². The molecule has 1 heterocycles. The van der Waals surface area contributed by atoms with Crippen LogP contribution in [-0.2, 0) is 11.3 Å². The molecule has 0 aliphatic rings. The van der Waals surface area contributed by atoms with Crippen LogP contribution >= 0.6 is 11.3 Å². The molecule has 1 N–H and O–H groups in total. The third-order valence-electron chi connectivity index (χ3n) is 3.38. The average Bonchev–Trinajstić information content (AvgIpc) is 2.99. The molecule has 0 aliphatic carbocycles. The van der Waals surface area contributed by atoms with Gasteiger partial charge in [-0.3, -0.25) is 19.8 Å². The smallest absolute Gasteiger partial charge is 0.292 e. The lowest BCUT2D eigenvalue weighted by Gasteiger charge is -2.23. The summed E-state index contributed by atoms with van der Waals surface area (Å²) in [5.74, 6) is -0.270. The van der Waals surface area contributed by atoms with E-state index in [2.05, 4.69) is 5.32 Å². The van der Waals surface area contributed by atoms with Crippen molar-refractivity contribution in [3.05, 3.63) is 56.8 Å². The zero-order valence-corrected chi connectivity index (χ0v) is 13.2. The van der Waals surface area contributed by atoms with Gasteiger partial charge in [-0.05, 0) is 31.5 Å². The van der Waals surface area contributed by atoms with Crippen LogP contribution < -0.4 is 5.32 Å². The van der Waals surface area contributed by atoms with Crippen LogP contribution in [0.1, 0.15) is 11.8 Å². The molecule has 7 heteroatoms. The summed E-state index contributed by atoms with van der Waals surface area (Å²) in [6, 6.07) is 9.70. The molecular formula is C15H17N3O3S. The minimum Gasteiger partial charge on any atom is -0.319 e. The highest BCUT2D eigenvalue weighted by Gasteiger charge is 2.21. The van der Waals surface area contributed by atoms with Crippen LogP contribution in [0.2, 0.25) is 0 Å². The number of amides is 1. The first-order chi connectivity index (χ1) is 10.5. The number of nitro benzene ring substituents is 1. The van der Waals surface area contributed by atoms with Crippen molar-refractivity contribution >= 4 is 28.6 Å². The van der Waals surface area contributed by atoms with Crippen LogP contribution in [0.5, 0.6) is 0 Å². The van der Waals surface area contributed by atoms with E-state index >= 15 is 0 Å². The summed E-state index contributed by atoms with van der Waals surface area (Å²) in [6.45, 7) is 2.43. The normalized spacial score (nSPS) is 12.1. The topological polar surface area (TPSA) is 75.5 Å². The monoisotopic (exact) mass is 319 g/mol. The Balaban J connectivity index is 2.04. The number of likely N-dealkylation sites (N-methyl/N-ethyl adjacent to an activating group) is 1. The molecule has 0 radical (unpaired) electrons. The molecule has 6 nitrogen and oxygen atoms in total. The van der Waals surface area contributed by atoms with E-state index in [4.69, 9.17) is 0 Å². The Morgan fingerprint density at radius 3 is 2.73 bits per heavy atom. The first kappa shape index (κ1) is 16.1. The standard InChI is InChI=1S/C15H17N3O3S/c1-11(17(2)10-12-6-5-9-22-12)15(19)16-13-7-3-4-8-14(13)18(20)21/h3-9,11H,10H2,1-2H3,(H,16,19)/t11-/m1/s1. The summed E-state index contributed by atoms with van der Waals surface area (Å²) < 4.78 is 0. The minimum atomic E-state index is -0.504. The molecule has 2 aromatic rings. The highest BCUT2D eigenvalue weighted by atomic mass is 32.1. The van der Waals surface area contributed by atoms with E-state index in [1.165, 1.54) is 12.1 Å². The number of thiophene rings is 1. The molecular weight excluding hydrogens is 302 g/mol. The number of carbonyl (C=O) groups is 1. The predicted molar refractivity (Wildman–Crippen MR) is 87.0 cm³/mol. The number of benzene rings is 1. The van der Waals surface area contributed by atoms with Gasteiger partial charge in [0.05, 0.1) is 11.0 Å². The Bertz CT molecular complexity index is 658. The third kappa shape index (κ3) is 3.90. The van der Waals surface area contributed by atoms with Crippen LogP contribution in [0.4, 0.5) is 11.4 Å². The number of nitrogens with one attached hydrogen (secondary N) is 1. The van der Waals surface area contributed by atoms with E-state index in [9.17, 15) is 14.9 Å². The Morgan fingerprint density at radius 2 is 2.09 bits per heavy atom. The van der Waals surface area contributed by atoms with Gasteiger partial charge in [0.15, 0.2) is 0 Å². The molecule has 0 saturated heterocycles. The molecule has 22 heavy (non-hydrogen) atoms. The number of hydrogen-bond donors (Lipinski definition) is 1. The van der Waals surface area contributed by atoms with Gasteiger partial charge in [-0.1, -0.05) is 18.2 Å². The van der Waals surface area contributed by atoms with Gasteiger partial charge in [0.2, 0.25) is 5.91 Å². The average molecular weight is 319 g/mol. The molecule has 2 rings (SSSR count). The van der Waals surface area contributed by atoms with E-state index in [0.29, 0.717) is 6.54 Å². The van der Waals surface area contributed by atoms with E-state index in [-0.39, 0.29) is 17.3 Å². The van der Waals surface area contributed by atoms with Gasteiger partial charge < -0.3 is 5.32 Å². The molecule has 116 valence electrons. The van der Waals surface area contributed by atoms with Crippen LogP contribution in [0.25, 0.3) is 0 Å². The van der Waals surface area contributed by atoms with E-state index < -0.39 is 11.0 Å². The van der Waals surface area contributed by atoms with Crippen LogP contribution in [0.15, 0.2) is 41.8 Å². The highest BCUT2D eigenvalue weighted by Crippen LogP contribution is 2.23. The molecule has 1 atom stereocenters. The molecule has 1 amide bonds. The van der Waals surface area contributed by atoms with Crippen LogP contribution in [-0.4, -0.2) is 28.8 Å². The van der Waals surface area contributed by atoms with Crippen LogP contribution in [0, 0.1) is 10.1 Å². The van der Waals surface area contributed by atoms with Crippen molar-refractivity contribution in [1.29, 1.82) is 0 Å². The van der Waals surface area contributed by atoms with Crippen molar-refractivity contribution < 1.29 is 9.72 Å². The Kier molecular flexibility index (Phi) is 5.24. The van der Waals surface area contributed by atoms with Crippen molar-refractivity contribution in [2.45, 2.75) is 19.5 Å². The maximum atomic E-state index is 12.3. The van der Waals surface area contributed by atoms with E-state index in [0.717, 1.165) is 4.88 Å². The molecule has 1 aromatic heterocycles. The lowest BCUT2D eigenvalue weighted by Crippen LogP contribution is -2.39. The summed E-state index contributed by atoms with van der Waals surface area (Å²) in [6.07, 6.45) is 0. The number of nitro groups is 1. The van der Waals surface area contributed by atoms with Crippen molar-refractivity contribution in [1.82, 2.24) is 4.90 Å². The zero-order valence-electron chi connectivity index (χ0n) is 12.4. The first-order valence-corrected chi connectivity index (χ1v) is 7.64. The molecule has 0 aliphatic heterocycles. The fourth-order valence-electron chi connectivity index (χ4n) is 1.96. The summed E-state index contributed by atoms with van der Waals surface area (Å²) in [5.41, 5.74) is 0.109. The van der Waals surface area contributed by atoms with Gasteiger partial charge in [-0.25, -0.2) is 0 Å². The molecule has 1 aromatic carbocycles. The fourth-order valence-corrected chi connectivity index (χ4v) is 2.73. The quantitative estimate of drug-likeness (QED) is 0.655. The maximum Gasteiger partial charge on any atom is 0.292 e. The second kappa shape index (κ2) is 7.15. The minimum absolute atomic E-state index is 0.107. The summed E-state index contributed by atoms with van der Waals surface area (Å²) in [7, 11) is 1.85. The van der Waals surface area contributed by atoms with Gasteiger partial charge in [0.25, 0.3) is 5.69 Å². The third-order valence-corrected chi connectivity index (χ3v) is 4.25. The number of carbonyl (C=O) groups excluding carboxylic acids is 1. The Labute approximate surface area is 132 Å². The number of hydrogen-bond acceptors (Lipinski definition) is 5. The van der Waals surface area contributed by atoms with E-state index in [1.807, 2.05) is 29.5 Å². The number of para-hydroxylation sites is 2. The Hall–Kier alpha value is -2.25. The zero-order chi connectivity index (χ0) is 16.1. The molecule has 0 saturated carbocycles. The largest absolute Gasteiger partial charge is 0.319 e. The lowest BCUT2D eigenvalue weighted by atomic mass is 10.2. The maximum absolute atomic E-state index is 12.3. The van der Waals surface area contributed by atoms with Crippen LogP contribution in [0.3, 0.4) is 0 Å². The van der Waals surface area contributed by atoms with E-state index in [1.54, 1.807) is 30.4 Å². The van der Waals surface area contributed by atoms with Crippen molar-refractivity contribution in [2.75, 3.05) is 12.4 Å². The van der Waals surface area contributed by atoms with Gasteiger partial charge >= 0.3 is 0 Å². The van der Waals surface area contributed by atoms with Crippen molar-refractivity contribution in [3.63, 3.8) is 0 Å². The van der Waals surface area contributed by atoms with Gasteiger partial charge in [-0.2, -0.15) is 0 Å². The SMILES string of the molecule is C[C@H](C(=O)Nc1ccccc1[N+](=O)[O-])N(C)Cc1cccs1. The lowest BCUT2D eigenvalue weighted by molar-refractivity contribution is -0.383. The van der Waals surface area contributed by atoms with Gasteiger partial charge in [0.1, 0.15) is 5.69 Å². The van der Waals surface area contributed by atoms with Crippen molar-refractivity contribution in [2.24, 2.45) is 0 Å². The second-order valence-electron chi connectivity index (χ2n) is 4.93. The highest BCUT2D eigenvalue weighted by molar-refractivity contribution is 7.09. The predicted octanol–water partition coefficient (Wildman–Crippen LogP) is 3.12. The molecule has 0 fully saturated rings. The molecule has 0 bridgehead atoms. The van der Waals surface area contributed by atoms with Gasteiger partial charge in [-0.15, -0.1) is 11.3 Å². The molecule has 0 spiro atoms. The Morgan fingerprint density at radius 1 is 1.36 bits per heavy atom. The number of nitrogens with zero attached hydrogens (tertiary/aromatic N) is 2. The summed E-state index contributed by atoms with van der Waals surface area (Å²) >= 11 is 1.63. The molecule has 0 unspecified atom stereocenters. The number of anilines is 1. The fraction of sp³-hybridized carbons (Fsp3) is 0.267. The summed E-state index contributed by atoms with van der Waals surface area (Å²) in [4.78, 5) is 25.8. The van der Waals surface area contributed by atoms with Gasteiger partial charge in [0, 0.05) is 17.5 Å². The first-order valence-electron chi connectivity index (χ1n) is 6.76.